The predicted octanol–water partition coefficient (Wildman–Crippen LogP) is 4.32. The lowest BCUT2D eigenvalue weighted by atomic mass is 10.1. The SMILES string of the molecule is COc1cc(/C=C/C(=O)c2ccc(C(F)(F)F)cc2)cc(OC)c1O. The number of ether oxygens (including phenoxy) is 2. The average molecular weight is 352 g/mol. The Morgan fingerprint density at radius 3 is 2.00 bits per heavy atom. The van der Waals surface area contributed by atoms with E-state index in [0.717, 1.165) is 24.3 Å². The summed E-state index contributed by atoms with van der Waals surface area (Å²) in [5.41, 5.74) is -0.172. The highest BCUT2D eigenvalue weighted by atomic mass is 19.4. The third kappa shape index (κ3) is 4.32. The molecule has 2 rings (SSSR count). The van der Waals surface area contributed by atoms with Crippen molar-refractivity contribution in [2.45, 2.75) is 6.18 Å². The molecule has 0 unspecified atom stereocenters. The largest absolute Gasteiger partial charge is 0.502 e. The van der Waals surface area contributed by atoms with Gasteiger partial charge in [0, 0.05) is 5.56 Å². The Kier molecular flexibility index (Phi) is 5.36. The molecular formula is C18H15F3O4. The van der Waals surface area contributed by atoms with Crippen LogP contribution in [0.1, 0.15) is 21.5 Å². The van der Waals surface area contributed by atoms with Gasteiger partial charge in [-0.05, 0) is 35.9 Å². The molecule has 2 aromatic rings. The Balaban J connectivity index is 2.23. The van der Waals surface area contributed by atoms with Gasteiger partial charge in [-0.1, -0.05) is 18.2 Å². The number of aromatic hydroxyl groups is 1. The van der Waals surface area contributed by atoms with Crippen molar-refractivity contribution in [3.8, 4) is 17.2 Å². The van der Waals surface area contributed by atoms with E-state index in [1.807, 2.05) is 0 Å². The van der Waals surface area contributed by atoms with E-state index in [-0.39, 0.29) is 22.8 Å². The number of phenolic OH excluding ortho intramolecular Hbond substituents is 1. The quantitative estimate of drug-likeness (QED) is 0.643. The summed E-state index contributed by atoms with van der Waals surface area (Å²) in [5.74, 6) is -0.294. The molecule has 25 heavy (non-hydrogen) atoms. The van der Waals surface area contributed by atoms with E-state index in [0.29, 0.717) is 5.56 Å². The molecule has 4 nitrogen and oxygen atoms in total. The average Bonchev–Trinajstić information content (AvgIpc) is 2.59. The summed E-state index contributed by atoms with van der Waals surface area (Å²) in [7, 11) is 2.74. The molecule has 0 bridgehead atoms. The second-order valence-electron chi connectivity index (χ2n) is 5.05. The van der Waals surface area contributed by atoms with Gasteiger partial charge < -0.3 is 14.6 Å². The summed E-state index contributed by atoms with van der Waals surface area (Å²) in [4.78, 5) is 12.1. The molecule has 0 saturated carbocycles. The number of phenols is 1. The summed E-state index contributed by atoms with van der Waals surface area (Å²) < 4.78 is 47.6. The number of allylic oxidation sites excluding steroid dienone is 1. The first-order valence-corrected chi connectivity index (χ1v) is 7.11. The molecule has 1 N–H and O–H groups in total. The lowest BCUT2D eigenvalue weighted by Gasteiger charge is -2.09. The summed E-state index contributed by atoms with van der Waals surface area (Å²) in [6.07, 6.45) is -1.78. The highest BCUT2D eigenvalue weighted by molar-refractivity contribution is 6.06. The zero-order chi connectivity index (χ0) is 18.6. The normalized spacial score (nSPS) is 11.6. The molecule has 0 amide bonds. The van der Waals surface area contributed by atoms with Crippen LogP contribution in [0.2, 0.25) is 0 Å². The minimum atomic E-state index is -4.45. The molecule has 7 heteroatoms. The van der Waals surface area contributed by atoms with Crippen molar-refractivity contribution in [2.75, 3.05) is 14.2 Å². The van der Waals surface area contributed by atoms with Crippen LogP contribution >= 0.6 is 0 Å². The summed E-state index contributed by atoms with van der Waals surface area (Å²) in [5, 5.41) is 9.83. The zero-order valence-corrected chi connectivity index (χ0v) is 13.4. The summed E-state index contributed by atoms with van der Waals surface area (Å²) in [6, 6.07) is 6.94. The molecule has 0 heterocycles. The molecule has 0 radical (unpaired) electrons. The fraction of sp³-hybridized carbons (Fsp3) is 0.167. The number of methoxy groups -OCH3 is 2. The van der Waals surface area contributed by atoms with Gasteiger partial charge in [-0.25, -0.2) is 0 Å². The lowest BCUT2D eigenvalue weighted by Crippen LogP contribution is -2.05. The third-order valence-electron chi connectivity index (χ3n) is 3.43. The Bertz CT molecular complexity index is 768. The first-order chi connectivity index (χ1) is 11.8. The lowest BCUT2D eigenvalue weighted by molar-refractivity contribution is -0.137. The van der Waals surface area contributed by atoms with Crippen molar-refractivity contribution in [1.82, 2.24) is 0 Å². The number of rotatable bonds is 5. The van der Waals surface area contributed by atoms with Crippen molar-refractivity contribution in [3.63, 3.8) is 0 Å². The van der Waals surface area contributed by atoms with Gasteiger partial charge in [0.15, 0.2) is 17.3 Å². The minimum absolute atomic E-state index is 0.127. The van der Waals surface area contributed by atoms with E-state index in [1.165, 1.54) is 38.5 Å². The van der Waals surface area contributed by atoms with E-state index in [2.05, 4.69) is 0 Å². The predicted molar refractivity (Wildman–Crippen MR) is 86.0 cm³/mol. The number of carbonyl (C=O) groups excluding carboxylic acids is 1. The molecule has 132 valence electrons. The Morgan fingerprint density at radius 2 is 1.56 bits per heavy atom. The Hall–Kier alpha value is -2.96. The first-order valence-electron chi connectivity index (χ1n) is 7.11. The van der Waals surface area contributed by atoms with Gasteiger partial charge in [0.2, 0.25) is 5.75 Å². The Labute approximate surface area is 142 Å². The number of benzene rings is 2. The van der Waals surface area contributed by atoms with Crippen LogP contribution in [0.5, 0.6) is 17.2 Å². The van der Waals surface area contributed by atoms with Crippen LogP contribution in [0.4, 0.5) is 13.2 Å². The maximum Gasteiger partial charge on any atom is 0.416 e. The molecule has 0 atom stereocenters. The maximum absolute atomic E-state index is 12.5. The molecule has 2 aromatic carbocycles. The molecule has 0 saturated heterocycles. The highest BCUT2D eigenvalue weighted by Crippen LogP contribution is 2.37. The van der Waals surface area contributed by atoms with Gasteiger partial charge in [-0.3, -0.25) is 4.79 Å². The van der Waals surface area contributed by atoms with Crippen LogP contribution in [-0.4, -0.2) is 25.1 Å². The fourth-order valence-corrected chi connectivity index (χ4v) is 2.10. The smallest absolute Gasteiger partial charge is 0.416 e. The molecule has 0 aliphatic carbocycles. The van der Waals surface area contributed by atoms with Crippen molar-refractivity contribution in [2.24, 2.45) is 0 Å². The van der Waals surface area contributed by atoms with Crippen molar-refractivity contribution >= 4 is 11.9 Å². The first kappa shape index (κ1) is 18.4. The van der Waals surface area contributed by atoms with Crippen LogP contribution in [0.15, 0.2) is 42.5 Å². The minimum Gasteiger partial charge on any atom is -0.502 e. The van der Waals surface area contributed by atoms with Crippen LogP contribution in [0.25, 0.3) is 6.08 Å². The highest BCUT2D eigenvalue weighted by Gasteiger charge is 2.30. The van der Waals surface area contributed by atoms with Crippen molar-refractivity contribution in [3.05, 3.63) is 59.2 Å². The van der Waals surface area contributed by atoms with E-state index in [1.54, 1.807) is 0 Å². The second-order valence-corrected chi connectivity index (χ2v) is 5.05. The number of alkyl halides is 3. The van der Waals surface area contributed by atoms with E-state index < -0.39 is 17.5 Å². The topological polar surface area (TPSA) is 55.8 Å². The van der Waals surface area contributed by atoms with Gasteiger partial charge in [-0.15, -0.1) is 0 Å². The van der Waals surface area contributed by atoms with Crippen LogP contribution in [0.3, 0.4) is 0 Å². The van der Waals surface area contributed by atoms with Crippen LogP contribution in [0, 0.1) is 0 Å². The number of ketones is 1. The van der Waals surface area contributed by atoms with E-state index in [4.69, 9.17) is 9.47 Å². The van der Waals surface area contributed by atoms with Gasteiger partial charge >= 0.3 is 6.18 Å². The third-order valence-corrected chi connectivity index (χ3v) is 3.43. The number of hydrogen-bond donors (Lipinski definition) is 1. The van der Waals surface area contributed by atoms with Gasteiger partial charge in [-0.2, -0.15) is 13.2 Å². The van der Waals surface area contributed by atoms with Crippen LogP contribution in [-0.2, 0) is 6.18 Å². The fourth-order valence-electron chi connectivity index (χ4n) is 2.10. The monoisotopic (exact) mass is 352 g/mol. The van der Waals surface area contributed by atoms with Crippen molar-refractivity contribution < 1.29 is 32.5 Å². The van der Waals surface area contributed by atoms with Gasteiger partial charge in [0.25, 0.3) is 0 Å². The zero-order valence-electron chi connectivity index (χ0n) is 13.4. The van der Waals surface area contributed by atoms with Gasteiger partial charge in [0.1, 0.15) is 0 Å². The number of hydrogen-bond acceptors (Lipinski definition) is 4. The van der Waals surface area contributed by atoms with E-state index in [9.17, 15) is 23.1 Å². The molecule has 0 aliphatic heterocycles. The Morgan fingerprint density at radius 1 is 1.04 bits per heavy atom. The van der Waals surface area contributed by atoms with Gasteiger partial charge in [0.05, 0.1) is 19.8 Å². The van der Waals surface area contributed by atoms with Crippen molar-refractivity contribution in [1.29, 1.82) is 0 Å². The molecule has 0 fully saturated rings. The maximum atomic E-state index is 12.5. The second kappa shape index (κ2) is 7.29. The number of halogens is 3. The molecule has 0 aromatic heterocycles. The van der Waals surface area contributed by atoms with E-state index >= 15 is 0 Å². The molecular weight excluding hydrogens is 337 g/mol. The molecule has 0 aliphatic rings. The van der Waals surface area contributed by atoms with Crippen LogP contribution < -0.4 is 9.47 Å². The summed E-state index contributed by atoms with van der Waals surface area (Å²) >= 11 is 0. The standard InChI is InChI=1S/C18H15F3O4/c1-24-15-9-11(10-16(25-2)17(15)23)3-8-14(22)12-4-6-13(7-5-12)18(19,20)21/h3-10,23H,1-2H3/b8-3+. The molecule has 0 spiro atoms. The number of carbonyl (C=O) groups is 1. The summed E-state index contributed by atoms with van der Waals surface area (Å²) in [6.45, 7) is 0.